The molecule has 0 bridgehead atoms. The van der Waals surface area contributed by atoms with Crippen LogP contribution in [0.5, 0.6) is 0 Å². The molecule has 0 saturated heterocycles. The number of para-hydroxylation sites is 2. The summed E-state index contributed by atoms with van der Waals surface area (Å²) >= 11 is 1.84. The fraction of sp³-hybridized carbons (Fsp3) is 0. The molecule has 7 heteroatoms. The molecule has 294 valence electrons. The van der Waals surface area contributed by atoms with Gasteiger partial charge in [0.1, 0.15) is 0 Å². The molecule has 0 aliphatic carbocycles. The molecule has 6 nitrogen and oxygen atoms in total. The highest BCUT2D eigenvalue weighted by molar-refractivity contribution is 7.26. The summed E-state index contributed by atoms with van der Waals surface area (Å²) in [5, 5.41) is 6.04. The highest BCUT2D eigenvalue weighted by atomic mass is 32.1. The van der Waals surface area contributed by atoms with Gasteiger partial charge in [-0.2, -0.15) is 9.97 Å². The second kappa shape index (κ2) is 14.2. The van der Waals surface area contributed by atoms with Crippen LogP contribution in [0.4, 0.5) is 0 Å². The van der Waals surface area contributed by atoms with Crippen LogP contribution in [0.3, 0.4) is 0 Å². The maximum Gasteiger partial charge on any atom is 0.238 e. The molecule has 0 saturated carbocycles. The van der Waals surface area contributed by atoms with E-state index in [2.05, 4.69) is 143 Å². The van der Waals surface area contributed by atoms with Crippen LogP contribution < -0.4 is 0 Å². The van der Waals surface area contributed by atoms with Crippen molar-refractivity contribution >= 4 is 75.3 Å². The second-order valence-electron chi connectivity index (χ2n) is 15.9. The van der Waals surface area contributed by atoms with Crippen LogP contribution >= 0.6 is 11.3 Å². The summed E-state index contributed by atoms with van der Waals surface area (Å²) in [4.78, 5) is 20.2. The molecular weight excluding hydrogens is 789 g/mol. The summed E-state index contributed by atoms with van der Waals surface area (Å²) < 4.78 is 7.02. The first kappa shape index (κ1) is 35.5. The zero-order valence-corrected chi connectivity index (χ0v) is 34.5. The predicted molar refractivity (Wildman–Crippen MR) is 261 cm³/mol. The van der Waals surface area contributed by atoms with Crippen molar-refractivity contribution in [1.29, 1.82) is 0 Å². The zero-order valence-electron chi connectivity index (χ0n) is 33.7. The van der Waals surface area contributed by atoms with E-state index in [1.165, 1.54) is 58.7 Å². The molecule has 0 amide bonds. The Hall–Kier alpha value is -8.26. The average molecular weight is 823 g/mol. The van der Waals surface area contributed by atoms with Crippen molar-refractivity contribution in [1.82, 2.24) is 29.1 Å². The molecule has 13 rings (SSSR count). The van der Waals surface area contributed by atoms with E-state index in [1.807, 2.05) is 84.3 Å². The number of hydrogen-bond acceptors (Lipinski definition) is 5. The van der Waals surface area contributed by atoms with Gasteiger partial charge in [0.25, 0.3) is 0 Å². The zero-order chi connectivity index (χ0) is 41.4. The first-order valence-electron chi connectivity index (χ1n) is 21.0. The van der Waals surface area contributed by atoms with Gasteiger partial charge in [-0.25, -0.2) is 4.98 Å². The molecule has 0 aliphatic rings. The van der Waals surface area contributed by atoms with Crippen molar-refractivity contribution in [3.63, 3.8) is 0 Å². The highest BCUT2D eigenvalue weighted by Gasteiger charge is 2.21. The standard InChI is InChI=1S/C56H34N6S/c1-4-14-35(15-5-1)54-58-55(36-16-6-2-7-17-36)60-56(59-54)62-48-29-26-39(34-44(48)53-49(62)23-13-31-57-53)41-21-12-24-51-52(41)45-33-38(27-30-50(45)63-51)37-25-28-47-43(32-37)42-20-10-11-22-46(42)61(47)40-18-8-3-9-19-40/h1-34H. The first-order valence-corrected chi connectivity index (χ1v) is 21.9. The van der Waals surface area contributed by atoms with Gasteiger partial charge in [0.15, 0.2) is 11.6 Å². The molecule has 13 aromatic rings. The Morgan fingerprint density at radius 1 is 0.365 bits per heavy atom. The van der Waals surface area contributed by atoms with E-state index in [0.717, 1.165) is 44.3 Å². The summed E-state index contributed by atoms with van der Waals surface area (Å²) in [5.41, 5.74) is 12.9. The van der Waals surface area contributed by atoms with Crippen LogP contribution in [0.1, 0.15) is 0 Å². The van der Waals surface area contributed by atoms with Gasteiger partial charge in [-0.3, -0.25) is 9.55 Å². The quantitative estimate of drug-likeness (QED) is 0.168. The van der Waals surface area contributed by atoms with Crippen LogP contribution in [0, 0.1) is 0 Å². The average Bonchev–Trinajstić information content (AvgIpc) is 4.02. The van der Waals surface area contributed by atoms with Gasteiger partial charge in [0.05, 0.1) is 27.6 Å². The van der Waals surface area contributed by atoms with Crippen LogP contribution in [0.15, 0.2) is 206 Å². The van der Waals surface area contributed by atoms with E-state index in [4.69, 9.17) is 19.9 Å². The third kappa shape index (κ3) is 5.71. The monoisotopic (exact) mass is 822 g/mol. The molecule has 5 heterocycles. The maximum absolute atomic E-state index is 5.11. The van der Waals surface area contributed by atoms with Crippen molar-refractivity contribution in [2.24, 2.45) is 0 Å². The molecule has 5 aromatic heterocycles. The van der Waals surface area contributed by atoms with Crippen molar-refractivity contribution in [2.45, 2.75) is 0 Å². The van der Waals surface area contributed by atoms with Gasteiger partial charge in [0.2, 0.25) is 5.95 Å². The number of pyridine rings is 1. The van der Waals surface area contributed by atoms with Gasteiger partial charge in [0, 0.05) is 59.3 Å². The van der Waals surface area contributed by atoms with Crippen LogP contribution in [-0.2, 0) is 0 Å². The Balaban J connectivity index is 0.968. The summed E-state index contributed by atoms with van der Waals surface area (Å²) in [5.74, 6) is 1.78. The van der Waals surface area contributed by atoms with E-state index in [-0.39, 0.29) is 0 Å². The Morgan fingerprint density at radius 2 is 0.968 bits per heavy atom. The van der Waals surface area contributed by atoms with Gasteiger partial charge < -0.3 is 4.57 Å². The number of benzene rings is 8. The van der Waals surface area contributed by atoms with E-state index < -0.39 is 0 Å². The minimum Gasteiger partial charge on any atom is -0.309 e. The second-order valence-corrected chi connectivity index (χ2v) is 16.9. The van der Waals surface area contributed by atoms with Crippen LogP contribution in [0.25, 0.3) is 121 Å². The fourth-order valence-electron chi connectivity index (χ4n) is 9.37. The fourth-order valence-corrected chi connectivity index (χ4v) is 10.5. The van der Waals surface area contributed by atoms with Crippen LogP contribution in [-0.4, -0.2) is 29.1 Å². The van der Waals surface area contributed by atoms with Gasteiger partial charge in [-0.05, 0) is 95.1 Å². The summed E-state index contributed by atoms with van der Waals surface area (Å²) in [6, 6.07) is 70.9. The number of nitrogens with zero attached hydrogens (tertiary/aromatic N) is 6. The van der Waals surface area contributed by atoms with E-state index in [9.17, 15) is 0 Å². The third-order valence-electron chi connectivity index (χ3n) is 12.2. The van der Waals surface area contributed by atoms with Crippen molar-refractivity contribution < 1.29 is 0 Å². The smallest absolute Gasteiger partial charge is 0.238 e. The molecule has 0 aliphatic heterocycles. The van der Waals surface area contributed by atoms with Gasteiger partial charge >= 0.3 is 0 Å². The van der Waals surface area contributed by atoms with E-state index >= 15 is 0 Å². The van der Waals surface area contributed by atoms with E-state index in [1.54, 1.807) is 0 Å². The predicted octanol–water partition coefficient (Wildman–Crippen LogP) is 14.5. The minimum atomic E-state index is 0.546. The molecule has 0 atom stereocenters. The van der Waals surface area contributed by atoms with Crippen molar-refractivity contribution in [3.05, 3.63) is 206 Å². The molecule has 8 aromatic carbocycles. The Bertz CT molecular complexity index is 3850. The van der Waals surface area contributed by atoms with Gasteiger partial charge in [-0.1, -0.05) is 127 Å². The summed E-state index contributed by atoms with van der Waals surface area (Å²) in [6.45, 7) is 0. The van der Waals surface area contributed by atoms with Crippen molar-refractivity contribution in [2.75, 3.05) is 0 Å². The highest BCUT2D eigenvalue weighted by Crippen LogP contribution is 2.44. The normalized spacial score (nSPS) is 11.8. The topological polar surface area (TPSA) is 61.4 Å². The molecular formula is C56H34N6S. The maximum atomic E-state index is 5.11. The molecule has 0 N–H and O–H groups in total. The number of aromatic nitrogens is 6. The van der Waals surface area contributed by atoms with Crippen LogP contribution in [0.2, 0.25) is 0 Å². The number of fused-ring (bicyclic) bond motifs is 9. The minimum absolute atomic E-state index is 0.546. The number of hydrogen-bond donors (Lipinski definition) is 0. The lowest BCUT2D eigenvalue weighted by atomic mass is 9.96. The Kier molecular flexibility index (Phi) is 7.98. The lowest BCUT2D eigenvalue weighted by Crippen LogP contribution is -2.06. The third-order valence-corrected chi connectivity index (χ3v) is 13.4. The first-order chi connectivity index (χ1) is 31.2. The Labute approximate surface area is 365 Å². The summed E-state index contributed by atoms with van der Waals surface area (Å²) in [7, 11) is 0. The van der Waals surface area contributed by atoms with E-state index in [0.29, 0.717) is 17.6 Å². The Morgan fingerprint density at radius 3 is 1.73 bits per heavy atom. The number of thiophene rings is 1. The largest absolute Gasteiger partial charge is 0.309 e. The van der Waals surface area contributed by atoms with Crippen molar-refractivity contribution in [3.8, 4) is 56.7 Å². The van der Waals surface area contributed by atoms with Gasteiger partial charge in [-0.15, -0.1) is 11.3 Å². The molecule has 0 radical (unpaired) electrons. The molecule has 0 fully saturated rings. The number of rotatable bonds is 6. The molecule has 0 unspecified atom stereocenters. The lowest BCUT2D eigenvalue weighted by Gasteiger charge is -2.11. The molecule has 63 heavy (non-hydrogen) atoms. The molecule has 0 spiro atoms. The summed E-state index contributed by atoms with van der Waals surface area (Å²) in [6.07, 6.45) is 1.86. The lowest BCUT2D eigenvalue weighted by molar-refractivity contribution is 0.953. The SMILES string of the molecule is c1ccc(-c2nc(-c3ccccc3)nc(-n3c4ccc(-c5cccc6sc7ccc(-c8ccc9c(c8)c8ccccc8n9-c8ccccc8)cc7c56)cc4c4ncccc43)n2)cc1.